The van der Waals surface area contributed by atoms with Crippen molar-refractivity contribution >= 4 is 21.9 Å². The van der Waals surface area contributed by atoms with Crippen LogP contribution in [-0.4, -0.2) is 15.0 Å². The number of nitrogens with zero attached hydrogens (tertiary/aromatic N) is 3. The van der Waals surface area contributed by atoms with E-state index in [1.165, 1.54) is 22.3 Å². The van der Waals surface area contributed by atoms with Crippen LogP contribution in [0.15, 0.2) is 205 Å². The molecule has 4 nitrogen and oxygen atoms in total. The molecule has 0 unspecified atom stereocenters. The van der Waals surface area contributed by atoms with Gasteiger partial charge < -0.3 is 4.42 Å². The molecule has 55 heavy (non-hydrogen) atoms. The van der Waals surface area contributed by atoms with E-state index >= 15 is 0 Å². The number of fused-ring (bicyclic) bond motifs is 3. The van der Waals surface area contributed by atoms with E-state index in [1.807, 2.05) is 54.6 Å². The highest BCUT2D eigenvalue weighted by Crippen LogP contribution is 2.36. The maximum atomic E-state index is 6.43. The van der Waals surface area contributed by atoms with Gasteiger partial charge in [-0.1, -0.05) is 164 Å². The van der Waals surface area contributed by atoms with Gasteiger partial charge in [0.05, 0.1) is 0 Å². The van der Waals surface area contributed by atoms with E-state index in [0.717, 1.165) is 60.9 Å². The van der Waals surface area contributed by atoms with Crippen LogP contribution in [0.4, 0.5) is 0 Å². The number of benzene rings is 8. The van der Waals surface area contributed by atoms with Crippen molar-refractivity contribution in [3.8, 4) is 78.7 Å². The largest absolute Gasteiger partial charge is 0.456 e. The molecule has 4 heteroatoms. The Kier molecular flexibility index (Phi) is 8.12. The van der Waals surface area contributed by atoms with Gasteiger partial charge in [0, 0.05) is 27.5 Å². The Morgan fingerprint density at radius 2 is 0.618 bits per heavy atom. The summed E-state index contributed by atoms with van der Waals surface area (Å²) in [7, 11) is 0. The summed E-state index contributed by atoms with van der Waals surface area (Å²) in [5.41, 5.74) is 13.7. The van der Waals surface area contributed by atoms with E-state index in [9.17, 15) is 0 Å². The molecule has 0 bridgehead atoms. The summed E-state index contributed by atoms with van der Waals surface area (Å²) in [6.07, 6.45) is 0. The number of aromatic nitrogens is 3. The third-order valence-electron chi connectivity index (χ3n) is 10.2. The number of hydrogen-bond donors (Lipinski definition) is 0. The number of hydrogen-bond acceptors (Lipinski definition) is 4. The highest BCUT2D eigenvalue weighted by atomic mass is 16.3. The predicted octanol–water partition coefficient (Wildman–Crippen LogP) is 13.4. The van der Waals surface area contributed by atoms with Crippen molar-refractivity contribution in [2.24, 2.45) is 0 Å². The zero-order valence-corrected chi connectivity index (χ0v) is 29.8. The quantitative estimate of drug-likeness (QED) is 0.166. The van der Waals surface area contributed by atoms with Gasteiger partial charge >= 0.3 is 0 Å². The molecule has 0 N–H and O–H groups in total. The molecule has 0 radical (unpaired) electrons. The molecule has 0 saturated carbocycles. The highest BCUT2D eigenvalue weighted by Gasteiger charge is 2.16. The van der Waals surface area contributed by atoms with Crippen LogP contribution in [0.3, 0.4) is 0 Å². The van der Waals surface area contributed by atoms with Crippen molar-refractivity contribution in [3.63, 3.8) is 0 Å². The van der Waals surface area contributed by atoms with Crippen molar-refractivity contribution in [2.45, 2.75) is 0 Å². The summed E-state index contributed by atoms with van der Waals surface area (Å²) in [6, 6.07) is 69.4. The summed E-state index contributed by atoms with van der Waals surface area (Å²) in [4.78, 5) is 15.0. The molecule has 0 atom stereocenters. The second kappa shape index (κ2) is 13.8. The lowest BCUT2D eigenvalue weighted by Gasteiger charge is -2.10. The first-order valence-corrected chi connectivity index (χ1v) is 18.4. The van der Waals surface area contributed by atoms with E-state index in [1.54, 1.807) is 0 Å². The van der Waals surface area contributed by atoms with Gasteiger partial charge in [0.1, 0.15) is 11.2 Å². The van der Waals surface area contributed by atoms with Gasteiger partial charge in [-0.05, 0) is 80.9 Å². The smallest absolute Gasteiger partial charge is 0.164 e. The lowest BCUT2D eigenvalue weighted by Crippen LogP contribution is -2.00. The fourth-order valence-corrected chi connectivity index (χ4v) is 7.26. The van der Waals surface area contributed by atoms with Gasteiger partial charge in [0.25, 0.3) is 0 Å². The number of rotatable bonds is 7. The molecule has 0 amide bonds. The third-order valence-corrected chi connectivity index (χ3v) is 10.2. The Morgan fingerprint density at radius 1 is 0.236 bits per heavy atom. The molecule has 258 valence electrons. The van der Waals surface area contributed by atoms with Gasteiger partial charge in [-0.15, -0.1) is 0 Å². The fraction of sp³-hybridized carbons (Fsp3) is 0. The molecule has 0 aliphatic heterocycles. The lowest BCUT2D eigenvalue weighted by atomic mass is 9.97. The van der Waals surface area contributed by atoms with Gasteiger partial charge in [0.2, 0.25) is 0 Å². The minimum atomic E-state index is 0.608. The van der Waals surface area contributed by atoms with E-state index in [-0.39, 0.29) is 0 Å². The molecule has 0 saturated heterocycles. The van der Waals surface area contributed by atoms with Gasteiger partial charge in [-0.25, -0.2) is 15.0 Å². The maximum absolute atomic E-state index is 6.43. The molecule has 0 fully saturated rings. The molecule has 0 aliphatic rings. The van der Waals surface area contributed by atoms with Crippen LogP contribution >= 0.6 is 0 Å². The third kappa shape index (κ3) is 6.36. The summed E-state index contributed by atoms with van der Waals surface area (Å²) >= 11 is 0. The maximum Gasteiger partial charge on any atom is 0.164 e. The molecule has 8 aromatic carbocycles. The van der Waals surface area contributed by atoms with Gasteiger partial charge in [-0.2, -0.15) is 0 Å². The summed E-state index contributed by atoms with van der Waals surface area (Å²) in [5.74, 6) is 1.86. The Morgan fingerprint density at radius 3 is 1.20 bits per heavy atom. The molecule has 10 aromatic rings. The minimum absolute atomic E-state index is 0.608. The van der Waals surface area contributed by atoms with Gasteiger partial charge in [0.15, 0.2) is 17.5 Å². The Labute approximate surface area is 319 Å². The van der Waals surface area contributed by atoms with Crippen molar-refractivity contribution in [1.82, 2.24) is 15.0 Å². The zero-order valence-electron chi connectivity index (χ0n) is 29.8. The summed E-state index contributed by atoms with van der Waals surface area (Å²) in [5, 5.41) is 2.06. The summed E-state index contributed by atoms with van der Waals surface area (Å²) < 4.78 is 6.43. The van der Waals surface area contributed by atoms with Crippen LogP contribution in [0.1, 0.15) is 0 Å². The van der Waals surface area contributed by atoms with Crippen molar-refractivity contribution < 1.29 is 4.42 Å². The summed E-state index contributed by atoms with van der Waals surface area (Å²) in [6.45, 7) is 0. The SMILES string of the molecule is c1ccc(-c2ccc(-c3ccc(-c4ccc5c(c4)oc4ccc(-c6nc(-c7ccccc7)nc(-c7cccc(-c8ccccc8)c7)n6)cc45)cc3)cc2)cc1. The second-order valence-corrected chi connectivity index (χ2v) is 13.7. The van der Waals surface area contributed by atoms with E-state index < -0.39 is 0 Å². The lowest BCUT2D eigenvalue weighted by molar-refractivity contribution is 0.669. The van der Waals surface area contributed by atoms with Crippen LogP contribution in [0.25, 0.3) is 101 Å². The van der Waals surface area contributed by atoms with E-state index in [0.29, 0.717) is 17.5 Å². The molecule has 2 aromatic heterocycles. The highest BCUT2D eigenvalue weighted by molar-refractivity contribution is 6.07. The van der Waals surface area contributed by atoms with Crippen molar-refractivity contribution in [2.75, 3.05) is 0 Å². The average molecular weight is 704 g/mol. The van der Waals surface area contributed by atoms with Crippen molar-refractivity contribution in [1.29, 1.82) is 0 Å². The van der Waals surface area contributed by atoms with E-state index in [2.05, 4.69) is 146 Å². The van der Waals surface area contributed by atoms with Crippen LogP contribution in [-0.2, 0) is 0 Å². The first-order chi connectivity index (χ1) is 27.2. The standard InChI is InChI=1S/C51H33N3O/c1-4-11-34(12-5-1)36-19-21-37(22-20-36)38-23-25-39(26-24-38)42-27-29-45-46-32-44(28-30-47(46)55-48(45)33-42)51-53-49(40-15-8-3-9-16-40)52-50(54-51)43-18-10-17-41(31-43)35-13-6-2-7-14-35/h1-33H. The van der Waals surface area contributed by atoms with Crippen molar-refractivity contribution in [3.05, 3.63) is 200 Å². The van der Waals surface area contributed by atoms with Crippen LogP contribution in [0.2, 0.25) is 0 Å². The molecule has 2 heterocycles. The number of furan rings is 1. The minimum Gasteiger partial charge on any atom is -0.456 e. The zero-order chi connectivity index (χ0) is 36.6. The fourth-order valence-electron chi connectivity index (χ4n) is 7.26. The van der Waals surface area contributed by atoms with E-state index in [4.69, 9.17) is 19.4 Å². The topological polar surface area (TPSA) is 51.8 Å². The predicted molar refractivity (Wildman–Crippen MR) is 225 cm³/mol. The van der Waals surface area contributed by atoms with Crippen LogP contribution < -0.4 is 0 Å². The molecule has 10 rings (SSSR count). The molecule has 0 spiro atoms. The van der Waals surface area contributed by atoms with Crippen LogP contribution in [0.5, 0.6) is 0 Å². The first kappa shape index (κ1) is 32.2. The second-order valence-electron chi connectivity index (χ2n) is 13.7. The average Bonchev–Trinajstić information content (AvgIpc) is 3.65. The van der Waals surface area contributed by atoms with Crippen LogP contribution in [0, 0.1) is 0 Å². The Hall–Kier alpha value is -7.43. The van der Waals surface area contributed by atoms with Gasteiger partial charge in [-0.3, -0.25) is 0 Å². The molecular weight excluding hydrogens is 671 g/mol. The normalized spacial score (nSPS) is 11.3. The Bertz CT molecular complexity index is 2940. The monoisotopic (exact) mass is 703 g/mol. The molecular formula is C51H33N3O. The first-order valence-electron chi connectivity index (χ1n) is 18.4. The Balaban J connectivity index is 0.980. The molecule has 0 aliphatic carbocycles.